The molecule has 1 saturated heterocycles. The SMILES string of the molecule is COCCN(Cc1cc2ccc(C)cc2[nH]c1=O)C(=O)C1CCCO1. The first kappa shape index (κ1) is 17.6. The lowest BCUT2D eigenvalue weighted by Crippen LogP contribution is -2.41. The Labute approximate surface area is 146 Å². The lowest BCUT2D eigenvalue weighted by molar-refractivity contribution is -0.142. The zero-order chi connectivity index (χ0) is 17.8. The third-order valence-corrected chi connectivity index (χ3v) is 4.52. The molecule has 1 aliphatic rings. The van der Waals surface area contributed by atoms with Gasteiger partial charge in [-0.25, -0.2) is 0 Å². The minimum Gasteiger partial charge on any atom is -0.383 e. The molecule has 1 aliphatic heterocycles. The molecule has 6 nitrogen and oxygen atoms in total. The number of nitrogens with one attached hydrogen (secondary N) is 1. The smallest absolute Gasteiger partial charge is 0.253 e. The highest BCUT2D eigenvalue weighted by molar-refractivity contribution is 5.82. The van der Waals surface area contributed by atoms with Crippen LogP contribution in [0.2, 0.25) is 0 Å². The van der Waals surface area contributed by atoms with Crippen molar-refractivity contribution in [1.29, 1.82) is 0 Å². The van der Waals surface area contributed by atoms with Gasteiger partial charge in [-0.15, -0.1) is 0 Å². The van der Waals surface area contributed by atoms with Crippen molar-refractivity contribution in [3.8, 4) is 0 Å². The van der Waals surface area contributed by atoms with E-state index in [1.165, 1.54) is 0 Å². The van der Waals surface area contributed by atoms with Crippen LogP contribution in [0.5, 0.6) is 0 Å². The second-order valence-corrected chi connectivity index (χ2v) is 6.47. The van der Waals surface area contributed by atoms with Crippen molar-refractivity contribution < 1.29 is 14.3 Å². The second-order valence-electron chi connectivity index (χ2n) is 6.47. The number of H-pyrrole nitrogens is 1. The molecule has 1 aromatic heterocycles. The normalized spacial score (nSPS) is 17.1. The number of methoxy groups -OCH3 is 1. The van der Waals surface area contributed by atoms with Gasteiger partial charge < -0.3 is 19.4 Å². The van der Waals surface area contributed by atoms with Crippen molar-refractivity contribution >= 4 is 16.8 Å². The van der Waals surface area contributed by atoms with Crippen LogP contribution in [0.4, 0.5) is 0 Å². The van der Waals surface area contributed by atoms with Crippen LogP contribution in [0.1, 0.15) is 24.0 Å². The van der Waals surface area contributed by atoms with Gasteiger partial charge in [-0.05, 0) is 42.8 Å². The summed E-state index contributed by atoms with van der Waals surface area (Å²) >= 11 is 0. The predicted octanol–water partition coefficient (Wildman–Crippen LogP) is 1.99. The summed E-state index contributed by atoms with van der Waals surface area (Å²) in [6.45, 7) is 3.70. The molecule has 25 heavy (non-hydrogen) atoms. The molecule has 1 amide bonds. The number of hydrogen-bond donors (Lipinski definition) is 1. The van der Waals surface area contributed by atoms with Crippen molar-refractivity contribution in [2.24, 2.45) is 0 Å². The van der Waals surface area contributed by atoms with Crippen molar-refractivity contribution in [2.45, 2.75) is 32.4 Å². The van der Waals surface area contributed by atoms with E-state index < -0.39 is 6.10 Å². The predicted molar refractivity (Wildman–Crippen MR) is 95.6 cm³/mol. The highest BCUT2D eigenvalue weighted by atomic mass is 16.5. The van der Waals surface area contributed by atoms with Crippen LogP contribution in [0.3, 0.4) is 0 Å². The Morgan fingerprint density at radius 3 is 2.96 bits per heavy atom. The molecule has 1 N–H and O–H groups in total. The monoisotopic (exact) mass is 344 g/mol. The number of ether oxygens (including phenoxy) is 2. The summed E-state index contributed by atoms with van der Waals surface area (Å²) in [6.07, 6.45) is 1.22. The van der Waals surface area contributed by atoms with Gasteiger partial charge in [0.1, 0.15) is 6.10 Å². The summed E-state index contributed by atoms with van der Waals surface area (Å²) in [5.41, 5.74) is 2.30. The van der Waals surface area contributed by atoms with E-state index in [0.29, 0.717) is 25.3 Å². The van der Waals surface area contributed by atoms with Crippen LogP contribution in [0.25, 0.3) is 10.9 Å². The fourth-order valence-electron chi connectivity index (χ4n) is 3.13. The number of pyridine rings is 1. The van der Waals surface area contributed by atoms with E-state index in [2.05, 4.69) is 4.98 Å². The quantitative estimate of drug-likeness (QED) is 0.870. The van der Waals surface area contributed by atoms with E-state index >= 15 is 0 Å². The summed E-state index contributed by atoms with van der Waals surface area (Å²) in [4.78, 5) is 29.7. The van der Waals surface area contributed by atoms with Gasteiger partial charge in [0, 0.05) is 31.3 Å². The number of aromatic nitrogens is 1. The van der Waals surface area contributed by atoms with E-state index in [4.69, 9.17) is 9.47 Å². The summed E-state index contributed by atoms with van der Waals surface area (Å²) in [6, 6.07) is 7.78. The molecule has 2 heterocycles. The number of rotatable bonds is 6. The molecule has 1 unspecified atom stereocenters. The fraction of sp³-hybridized carbons (Fsp3) is 0.474. The average molecular weight is 344 g/mol. The van der Waals surface area contributed by atoms with E-state index in [1.807, 2.05) is 31.2 Å². The average Bonchev–Trinajstić information content (AvgIpc) is 3.13. The first-order valence-corrected chi connectivity index (χ1v) is 8.60. The molecule has 0 aliphatic carbocycles. The molecule has 0 saturated carbocycles. The highest BCUT2D eigenvalue weighted by Gasteiger charge is 2.28. The Balaban J connectivity index is 1.86. The van der Waals surface area contributed by atoms with E-state index in [9.17, 15) is 9.59 Å². The molecule has 1 fully saturated rings. The van der Waals surface area contributed by atoms with Gasteiger partial charge in [0.05, 0.1) is 13.2 Å². The summed E-state index contributed by atoms with van der Waals surface area (Å²) in [5, 5.41) is 0.955. The van der Waals surface area contributed by atoms with Crippen molar-refractivity contribution in [3.05, 3.63) is 45.7 Å². The molecule has 0 radical (unpaired) electrons. The number of fused-ring (bicyclic) bond motifs is 1. The number of nitrogens with zero attached hydrogens (tertiary/aromatic N) is 1. The Morgan fingerprint density at radius 1 is 1.40 bits per heavy atom. The molecule has 0 spiro atoms. The van der Waals surface area contributed by atoms with Crippen molar-refractivity contribution in [2.75, 3.05) is 26.9 Å². The minimum atomic E-state index is -0.404. The molecule has 1 atom stereocenters. The van der Waals surface area contributed by atoms with Gasteiger partial charge in [0.15, 0.2) is 0 Å². The van der Waals surface area contributed by atoms with Crippen LogP contribution in [-0.4, -0.2) is 48.8 Å². The molecular weight excluding hydrogens is 320 g/mol. The number of aryl methyl sites for hydroxylation is 1. The van der Waals surface area contributed by atoms with Gasteiger partial charge in [0.2, 0.25) is 0 Å². The van der Waals surface area contributed by atoms with Crippen molar-refractivity contribution in [3.63, 3.8) is 0 Å². The van der Waals surface area contributed by atoms with Gasteiger partial charge in [-0.3, -0.25) is 9.59 Å². The molecule has 6 heteroatoms. The number of amides is 1. The maximum Gasteiger partial charge on any atom is 0.253 e. The molecule has 2 aromatic rings. The Morgan fingerprint density at radius 2 is 2.24 bits per heavy atom. The maximum atomic E-state index is 12.7. The molecule has 3 rings (SSSR count). The van der Waals surface area contributed by atoms with Crippen LogP contribution in [-0.2, 0) is 20.8 Å². The number of carbonyl (C=O) groups excluding carboxylic acids is 1. The zero-order valence-electron chi connectivity index (χ0n) is 14.7. The standard InChI is InChI=1S/C19H24N2O4/c1-13-5-6-14-11-15(18(22)20-16(14)10-13)12-21(7-9-24-2)19(23)17-4-3-8-25-17/h5-6,10-11,17H,3-4,7-9,12H2,1-2H3,(H,20,22). The first-order valence-electron chi connectivity index (χ1n) is 8.60. The highest BCUT2D eigenvalue weighted by Crippen LogP contribution is 2.17. The van der Waals surface area contributed by atoms with Crippen LogP contribution in [0.15, 0.2) is 29.1 Å². The van der Waals surface area contributed by atoms with Gasteiger partial charge >= 0.3 is 0 Å². The fourth-order valence-corrected chi connectivity index (χ4v) is 3.13. The Bertz CT molecular complexity index is 809. The number of hydrogen-bond acceptors (Lipinski definition) is 4. The summed E-state index contributed by atoms with van der Waals surface area (Å²) < 4.78 is 10.6. The Kier molecular flexibility index (Phi) is 5.50. The lowest BCUT2D eigenvalue weighted by atomic mass is 10.1. The molecule has 0 bridgehead atoms. The maximum absolute atomic E-state index is 12.7. The Hall–Kier alpha value is -2.18. The number of aromatic amines is 1. The van der Waals surface area contributed by atoms with Gasteiger partial charge in [-0.2, -0.15) is 0 Å². The van der Waals surface area contributed by atoms with Crippen molar-refractivity contribution in [1.82, 2.24) is 9.88 Å². The van der Waals surface area contributed by atoms with Crippen LogP contribution in [0, 0.1) is 6.92 Å². The van der Waals surface area contributed by atoms with E-state index in [1.54, 1.807) is 12.0 Å². The minimum absolute atomic E-state index is 0.0713. The third-order valence-electron chi connectivity index (χ3n) is 4.52. The number of carbonyl (C=O) groups is 1. The van der Waals surface area contributed by atoms with Gasteiger partial charge in [-0.1, -0.05) is 12.1 Å². The third kappa shape index (κ3) is 4.08. The zero-order valence-corrected chi connectivity index (χ0v) is 14.7. The largest absolute Gasteiger partial charge is 0.383 e. The second kappa shape index (κ2) is 7.80. The molecular formula is C19H24N2O4. The topological polar surface area (TPSA) is 71.6 Å². The van der Waals surface area contributed by atoms with E-state index in [0.717, 1.165) is 29.3 Å². The van der Waals surface area contributed by atoms with Gasteiger partial charge in [0.25, 0.3) is 11.5 Å². The first-order chi connectivity index (χ1) is 12.1. The summed E-state index contributed by atoms with van der Waals surface area (Å²) in [7, 11) is 1.60. The number of benzene rings is 1. The van der Waals surface area contributed by atoms with E-state index in [-0.39, 0.29) is 18.0 Å². The lowest BCUT2D eigenvalue weighted by Gasteiger charge is -2.25. The summed E-state index contributed by atoms with van der Waals surface area (Å²) in [5.74, 6) is -0.0713. The molecule has 1 aromatic carbocycles. The van der Waals surface area contributed by atoms with Crippen LogP contribution < -0.4 is 5.56 Å². The molecule has 134 valence electrons. The van der Waals surface area contributed by atoms with Crippen LogP contribution >= 0.6 is 0 Å².